The molecule has 0 aliphatic heterocycles. The zero-order valence-corrected chi connectivity index (χ0v) is 13.9. The number of halogens is 1. The monoisotopic (exact) mass is 332 g/mol. The van der Waals surface area contributed by atoms with Gasteiger partial charge in [0.25, 0.3) is 0 Å². The molecule has 2 aromatic rings. The highest BCUT2D eigenvalue weighted by molar-refractivity contribution is 7.13. The zero-order valence-electron chi connectivity index (χ0n) is 13.1. The van der Waals surface area contributed by atoms with Crippen LogP contribution in [0.1, 0.15) is 37.8 Å². The van der Waals surface area contributed by atoms with Crippen molar-refractivity contribution in [3.63, 3.8) is 0 Å². The van der Waals surface area contributed by atoms with Crippen molar-refractivity contribution in [2.24, 2.45) is 5.92 Å². The van der Waals surface area contributed by atoms with Gasteiger partial charge in [-0.2, -0.15) is 0 Å². The SMILES string of the molecule is O=C(Cc1csc(-c2cccc(F)c2)n1)NCC1CCCCC1. The largest absolute Gasteiger partial charge is 0.355 e. The van der Waals surface area contributed by atoms with E-state index < -0.39 is 0 Å². The Morgan fingerprint density at radius 3 is 2.91 bits per heavy atom. The summed E-state index contributed by atoms with van der Waals surface area (Å²) in [5, 5.41) is 5.65. The molecule has 1 fully saturated rings. The Hall–Kier alpha value is -1.75. The minimum absolute atomic E-state index is 0.0201. The van der Waals surface area contributed by atoms with E-state index in [4.69, 9.17) is 0 Å². The van der Waals surface area contributed by atoms with E-state index in [0.717, 1.165) is 22.8 Å². The van der Waals surface area contributed by atoms with Crippen LogP contribution < -0.4 is 5.32 Å². The van der Waals surface area contributed by atoms with Crippen molar-refractivity contribution in [1.29, 1.82) is 0 Å². The Morgan fingerprint density at radius 1 is 1.30 bits per heavy atom. The molecule has 1 aromatic heterocycles. The Balaban J connectivity index is 1.53. The maximum atomic E-state index is 13.3. The van der Waals surface area contributed by atoms with Crippen LogP contribution in [0.5, 0.6) is 0 Å². The molecule has 0 spiro atoms. The lowest BCUT2D eigenvalue weighted by atomic mass is 9.89. The number of hydrogen-bond acceptors (Lipinski definition) is 3. The van der Waals surface area contributed by atoms with Gasteiger partial charge in [-0.1, -0.05) is 31.4 Å². The molecule has 1 saturated carbocycles. The van der Waals surface area contributed by atoms with Gasteiger partial charge in [0.15, 0.2) is 0 Å². The summed E-state index contributed by atoms with van der Waals surface area (Å²) in [7, 11) is 0. The third-order valence-corrected chi connectivity index (χ3v) is 5.22. The number of amides is 1. The van der Waals surface area contributed by atoms with E-state index >= 15 is 0 Å². The summed E-state index contributed by atoms with van der Waals surface area (Å²) in [6.45, 7) is 0.778. The maximum absolute atomic E-state index is 13.3. The number of nitrogens with one attached hydrogen (secondary N) is 1. The van der Waals surface area contributed by atoms with Crippen LogP contribution in [0.3, 0.4) is 0 Å². The Morgan fingerprint density at radius 2 is 2.13 bits per heavy atom. The number of hydrogen-bond donors (Lipinski definition) is 1. The first kappa shape index (κ1) is 16.1. The lowest BCUT2D eigenvalue weighted by Gasteiger charge is -2.21. The number of benzene rings is 1. The predicted octanol–water partition coefficient (Wildman–Crippen LogP) is 4.19. The van der Waals surface area contributed by atoms with E-state index in [1.807, 2.05) is 11.4 Å². The molecule has 3 nitrogen and oxygen atoms in total. The van der Waals surface area contributed by atoms with Gasteiger partial charge < -0.3 is 5.32 Å². The van der Waals surface area contributed by atoms with Crippen molar-refractivity contribution in [2.45, 2.75) is 38.5 Å². The highest BCUT2D eigenvalue weighted by Crippen LogP contribution is 2.25. The van der Waals surface area contributed by atoms with E-state index in [0.29, 0.717) is 12.3 Å². The third-order valence-electron chi connectivity index (χ3n) is 4.28. The molecule has 1 amide bonds. The second-order valence-electron chi connectivity index (χ2n) is 6.14. The van der Waals surface area contributed by atoms with Crippen LogP contribution in [-0.2, 0) is 11.2 Å². The molecule has 0 atom stereocenters. The van der Waals surface area contributed by atoms with Crippen molar-refractivity contribution >= 4 is 17.2 Å². The van der Waals surface area contributed by atoms with Crippen molar-refractivity contribution in [2.75, 3.05) is 6.54 Å². The minimum atomic E-state index is -0.274. The van der Waals surface area contributed by atoms with E-state index in [-0.39, 0.29) is 11.7 Å². The van der Waals surface area contributed by atoms with E-state index in [2.05, 4.69) is 10.3 Å². The molecular formula is C18H21FN2OS. The summed E-state index contributed by atoms with van der Waals surface area (Å²) in [5.41, 5.74) is 1.50. The quantitative estimate of drug-likeness (QED) is 0.892. The van der Waals surface area contributed by atoms with Crippen LogP contribution in [0.4, 0.5) is 4.39 Å². The van der Waals surface area contributed by atoms with Crippen LogP contribution in [-0.4, -0.2) is 17.4 Å². The first-order valence-corrected chi connectivity index (χ1v) is 9.06. The number of carbonyl (C=O) groups excluding carboxylic acids is 1. The molecule has 1 N–H and O–H groups in total. The van der Waals surface area contributed by atoms with E-state index in [1.165, 1.54) is 55.6 Å². The molecule has 5 heteroatoms. The van der Waals surface area contributed by atoms with Crippen molar-refractivity contribution in [3.8, 4) is 10.6 Å². The molecule has 1 heterocycles. The maximum Gasteiger partial charge on any atom is 0.226 e. The molecule has 1 aliphatic rings. The average Bonchev–Trinajstić information content (AvgIpc) is 3.02. The lowest BCUT2D eigenvalue weighted by molar-refractivity contribution is -0.120. The van der Waals surface area contributed by atoms with E-state index in [1.54, 1.807) is 6.07 Å². The van der Waals surface area contributed by atoms with Crippen LogP contribution in [0.25, 0.3) is 10.6 Å². The van der Waals surface area contributed by atoms with Gasteiger partial charge >= 0.3 is 0 Å². The van der Waals surface area contributed by atoms with Gasteiger partial charge in [-0.15, -0.1) is 11.3 Å². The molecular weight excluding hydrogens is 311 g/mol. The van der Waals surface area contributed by atoms with Gasteiger partial charge in [-0.3, -0.25) is 4.79 Å². The van der Waals surface area contributed by atoms with Gasteiger partial charge in [-0.25, -0.2) is 9.37 Å². The van der Waals surface area contributed by atoms with Crippen LogP contribution in [0, 0.1) is 11.7 Å². The number of rotatable bonds is 5. The number of thiazole rings is 1. The minimum Gasteiger partial charge on any atom is -0.355 e. The predicted molar refractivity (Wildman–Crippen MR) is 90.8 cm³/mol. The fourth-order valence-corrected chi connectivity index (χ4v) is 3.84. The first-order valence-electron chi connectivity index (χ1n) is 8.18. The summed E-state index contributed by atoms with van der Waals surface area (Å²) in [6, 6.07) is 6.37. The molecule has 0 unspecified atom stereocenters. The van der Waals surface area contributed by atoms with Gasteiger partial charge in [0.2, 0.25) is 5.91 Å². The molecule has 122 valence electrons. The molecule has 1 aliphatic carbocycles. The van der Waals surface area contributed by atoms with E-state index in [9.17, 15) is 9.18 Å². The summed E-state index contributed by atoms with van der Waals surface area (Å²) >= 11 is 1.44. The normalized spacial score (nSPS) is 15.5. The smallest absolute Gasteiger partial charge is 0.226 e. The van der Waals surface area contributed by atoms with Crippen molar-refractivity contribution < 1.29 is 9.18 Å². The fraction of sp³-hybridized carbons (Fsp3) is 0.444. The average molecular weight is 332 g/mol. The topological polar surface area (TPSA) is 42.0 Å². The second-order valence-corrected chi connectivity index (χ2v) is 7.00. The van der Waals surface area contributed by atoms with Crippen molar-refractivity contribution in [1.82, 2.24) is 10.3 Å². The number of nitrogens with zero attached hydrogens (tertiary/aromatic N) is 1. The van der Waals surface area contributed by atoms with Crippen LogP contribution in [0.15, 0.2) is 29.6 Å². The standard InChI is InChI=1S/C18H21FN2OS/c19-15-8-4-7-14(9-15)18-21-16(12-23-18)10-17(22)20-11-13-5-2-1-3-6-13/h4,7-9,12-13H,1-3,5-6,10-11H2,(H,20,22). The van der Waals surface area contributed by atoms with Gasteiger partial charge in [-0.05, 0) is 30.9 Å². The first-order chi connectivity index (χ1) is 11.2. The van der Waals surface area contributed by atoms with Gasteiger partial charge in [0.05, 0.1) is 12.1 Å². The summed E-state index contributed by atoms with van der Waals surface area (Å²) in [5.74, 6) is 0.377. The number of aromatic nitrogens is 1. The Bertz CT molecular complexity index is 665. The molecule has 3 rings (SSSR count). The summed E-state index contributed by atoms with van der Waals surface area (Å²) in [6.07, 6.45) is 6.62. The highest BCUT2D eigenvalue weighted by Gasteiger charge is 2.15. The number of carbonyl (C=O) groups is 1. The molecule has 0 saturated heterocycles. The third kappa shape index (κ3) is 4.61. The summed E-state index contributed by atoms with van der Waals surface area (Å²) in [4.78, 5) is 16.5. The fourth-order valence-electron chi connectivity index (χ4n) is 3.02. The van der Waals surface area contributed by atoms with Crippen molar-refractivity contribution in [3.05, 3.63) is 41.2 Å². The molecule has 0 bridgehead atoms. The molecule has 1 aromatic carbocycles. The lowest BCUT2D eigenvalue weighted by Crippen LogP contribution is -2.31. The highest BCUT2D eigenvalue weighted by atomic mass is 32.1. The van der Waals surface area contributed by atoms with Crippen LogP contribution >= 0.6 is 11.3 Å². The van der Waals surface area contributed by atoms with Gasteiger partial charge in [0, 0.05) is 17.5 Å². The van der Waals surface area contributed by atoms with Gasteiger partial charge in [0.1, 0.15) is 10.8 Å². The Labute approximate surface area is 140 Å². The zero-order chi connectivity index (χ0) is 16.1. The Kier molecular flexibility index (Phi) is 5.39. The summed E-state index contributed by atoms with van der Waals surface area (Å²) < 4.78 is 13.3. The molecule has 0 radical (unpaired) electrons. The van der Waals surface area contributed by atoms with Crippen LogP contribution in [0.2, 0.25) is 0 Å². The second kappa shape index (κ2) is 7.68. The molecule has 23 heavy (non-hydrogen) atoms.